The van der Waals surface area contributed by atoms with Crippen molar-refractivity contribution < 1.29 is 4.39 Å². The number of alkyl halides is 2. The van der Waals surface area contributed by atoms with Gasteiger partial charge in [-0.2, -0.15) is 0 Å². The molecule has 1 aromatic rings. The fourth-order valence-corrected chi connectivity index (χ4v) is 4.69. The van der Waals surface area contributed by atoms with Crippen molar-refractivity contribution in [2.24, 2.45) is 0 Å². The lowest BCUT2D eigenvalue weighted by Crippen LogP contribution is -2.22. The Labute approximate surface area is 119 Å². The summed E-state index contributed by atoms with van der Waals surface area (Å²) in [5, 5.41) is 0. The van der Waals surface area contributed by atoms with Gasteiger partial charge in [-0.15, -0.1) is 11.8 Å². The summed E-state index contributed by atoms with van der Waals surface area (Å²) >= 11 is 5.32. The van der Waals surface area contributed by atoms with Crippen molar-refractivity contribution in [3.05, 3.63) is 53.1 Å². The molecule has 0 N–H and O–H groups in total. The molecular formula is C15H14BrFS. The number of rotatable bonds is 0. The summed E-state index contributed by atoms with van der Waals surface area (Å²) in [6.07, 6.45) is 2.75. The summed E-state index contributed by atoms with van der Waals surface area (Å²) < 4.78 is 13.8. The first-order valence-electron chi connectivity index (χ1n) is 6.09. The predicted molar refractivity (Wildman–Crippen MR) is 79.4 cm³/mol. The minimum atomic E-state index is -0.905. The van der Waals surface area contributed by atoms with Gasteiger partial charge in [0, 0.05) is 16.6 Å². The summed E-state index contributed by atoms with van der Waals surface area (Å²) in [6.45, 7) is 2.21. The molecule has 18 heavy (non-hydrogen) atoms. The quantitative estimate of drug-likeness (QED) is 0.614. The maximum atomic E-state index is 13.8. The minimum Gasteiger partial charge on any atom is -0.241 e. The molecule has 0 fully saturated rings. The van der Waals surface area contributed by atoms with Crippen LogP contribution in [0.3, 0.4) is 0 Å². The Balaban J connectivity index is 2.08. The molecule has 3 rings (SSSR count). The molecule has 1 aliphatic carbocycles. The van der Waals surface area contributed by atoms with E-state index < -0.39 is 6.17 Å². The molecule has 0 bridgehead atoms. The van der Waals surface area contributed by atoms with E-state index in [4.69, 9.17) is 0 Å². The molecule has 1 heterocycles. The Morgan fingerprint density at radius 2 is 2.11 bits per heavy atom. The van der Waals surface area contributed by atoms with E-state index in [-0.39, 0.29) is 4.83 Å². The van der Waals surface area contributed by atoms with E-state index in [9.17, 15) is 4.39 Å². The van der Waals surface area contributed by atoms with Gasteiger partial charge in [-0.3, -0.25) is 0 Å². The van der Waals surface area contributed by atoms with Crippen LogP contribution in [0.25, 0.3) is 0 Å². The molecule has 0 saturated carbocycles. The lowest BCUT2D eigenvalue weighted by Gasteiger charge is -2.25. The topological polar surface area (TPSA) is 0 Å². The highest BCUT2D eigenvalue weighted by molar-refractivity contribution is 9.09. The molecule has 94 valence electrons. The highest BCUT2D eigenvalue weighted by Crippen LogP contribution is 2.43. The van der Waals surface area contributed by atoms with Crippen LogP contribution in [0.15, 0.2) is 52.5 Å². The second-order valence-corrected chi connectivity index (χ2v) is 6.74. The summed E-state index contributed by atoms with van der Waals surface area (Å²) in [5.41, 5.74) is 3.84. The van der Waals surface area contributed by atoms with Crippen LogP contribution in [0.1, 0.15) is 18.4 Å². The maximum absolute atomic E-state index is 13.8. The summed E-state index contributed by atoms with van der Waals surface area (Å²) in [7, 11) is 0. The average molecular weight is 325 g/mol. The molecule has 2 aliphatic rings. The molecule has 0 amide bonds. The van der Waals surface area contributed by atoms with Crippen molar-refractivity contribution in [1.29, 1.82) is 0 Å². The van der Waals surface area contributed by atoms with Crippen molar-refractivity contribution in [3.8, 4) is 0 Å². The van der Waals surface area contributed by atoms with Crippen molar-refractivity contribution >= 4 is 27.7 Å². The number of fused-ring (bicyclic) bond motifs is 1. The number of benzene rings is 1. The third-order valence-electron chi connectivity index (χ3n) is 3.68. The molecule has 1 aliphatic heterocycles. The molecule has 0 nitrogen and oxygen atoms in total. The standard InChI is InChI=1S/C15H14BrFS/c1-9-10-6-7-13(17)15(16)12(10)8-18-14-5-3-2-4-11(9)14/h2-7,9,13,15H,8H2,1H3. The van der Waals surface area contributed by atoms with Crippen molar-refractivity contribution in [3.63, 3.8) is 0 Å². The number of allylic oxidation sites excluding steroid dienone is 3. The smallest absolute Gasteiger partial charge is 0.135 e. The SMILES string of the molecule is CC1C2=C(CSc3ccccc31)C(Br)C(F)C=C2. The monoisotopic (exact) mass is 324 g/mol. The van der Waals surface area contributed by atoms with Crippen LogP contribution >= 0.6 is 27.7 Å². The third-order valence-corrected chi connectivity index (χ3v) is 5.87. The summed E-state index contributed by atoms with van der Waals surface area (Å²) in [6, 6.07) is 8.50. The average Bonchev–Trinajstić information content (AvgIpc) is 2.53. The van der Waals surface area contributed by atoms with Gasteiger partial charge >= 0.3 is 0 Å². The van der Waals surface area contributed by atoms with Gasteiger partial charge in [0.25, 0.3) is 0 Å². The number of thioether (sulfide) groups is 1. The van der Waals surface area contributed by atoms with E-state index in [0.717, 1.165) is 5.75 Å². The van der Waals surface area contributed by atoms with Gasteiger partial charge in [0.05, 0.1) is 4.83 Å². The minimum absolute atomic E-state index is 0.165. The van der Waals surface area contributed by atoms with Crippen LogP contribution in [-0.4, -0.2) is 16.8 Å². The molecular weight excluding hydrogens is 311 g/mol. The fourth-order valence-electron chi connectivity index (χ4n) is 2.63. The number of hydrogen-bond acceptors (Lipinski definition) is 1. The summed E-state index contributed by atoms with van der Waals surface area (Å²) in [5.74, 6) is 1.21. The van der Waals surface area contributed by atoms with Gasteiger partial charge in [0.1, 0.15) is 6.17 Å². The highest BCUT2D eigenvalue weighted by atomic mass is 79.9. The van der Waals surface area contributed by atoms with Crippen LogP contribution in [0.2, 0.25) is 0 Å². The molecule has 3 atom stereocenters. The number of hydrogen-bond donors (Lipinski definition) is 0. The Morgan fingerprint density at radius 1 is 1.33 bits per heavy atom. The van der Waals surface area contributed by atoms with E-state index in [2.05, 4.69) is 47.1 Å². The van der Waals surface area contributed by atoms with Crippen LogP contribution in [0.5, 0.6) is 0 Å². The van der Waals surface area contributed by atoms with Crippen molar-refractivity contribution in [1.82, 2.24) is 0 Å². The predicted octanol–water partition coefficient (Wildman–Crippen LogP) is 4.86. The first-order valence-corrected chi connectivity index (χ1v) is 7.99. The van der Waals surface area contributed by atoms with Crippen LogP contribution < -0.4 is 0 Å². The van der Waals surface area contributed by atoms with Crippen LogP contribution in [0.4, 0.5) is 4.39 Å². The molecule has 0 radical (unpaired) electrons. The van der Waals surface area contributed by atoms with Gasteiger partial charge in [0.15, 0.2) is 0 Å². The Bertz CT molecular complexity index is 535. The first kappa shape index (κ1) is 12.5. The molecule has 0 spiro atoms. The van der Waals surface area contributed by atoms with Gasteiger partial charge in [-0.05, 0) is 28.9 Å². The van der Waals surface area contributed by atoms with Gasteiger partial charge in [-0.25, -0.2) is 4.39 Å². The molecule has 3 unspecified atom stereocenters. The zero-order valence-electron chi connectivity index (χ0n) is 10.1. The molecule has 0 aromatic heterocycles. The normalized spacial score (nSPS) is 30.7. The Kier molecular flexibility index (Phi) is 3.37. The number of halogens is 2. The second-order valence-electron chi connectivity index (χ2n) is 4.73. The van der Waals surface area contributed by atoms with E-state index >= 15 is 0 Å². The van der Waals surface area contributed by atoms with Gasteiger partial charge in [0.2, 0.25) is 0 Å². The molecule has 1 aromatic carbocycles. The second kappa shape index (κ2) is 4.86. The van der Waals surface area contributed by atoms with Crippen molar-refractivity contribution in [2.75, 3.05) is 5.75 Å². The Morgan fingerprint density at radius 3 is 2.94 bits per heavy atom. The van der Waals surface area contributed by atoms with E-state index in [1.165, 1.54) is 21.6 Å². The maximum Gasteiger partial charge on any atom is 0.135 e. The van der Waals surface area contributed by atoms with Crippen LogP contribution in [-0.2, 0) is 0 Å². The molecule has 3 heteroatoms. The van der Waals surface area contributed by atoms with Gasteiger partial charge in [-0.1, -0.05) is 47.1 Å². The highest BCUT2D eigenvalue weighted by Gasteiger charge is 2.31. The van der Waals surface area contributed by atoms with Crippen molar-refractivity contribution in [2.45, 2.75) is 28.7 Å². The summed E-state index contributed by atoms with van der Waals surface area (Å²) in [4.78, 5) is 1.16. The lowest BCUT2D eigenvalue weighted by atomic mass is 9.85. The largest absolute Gasteiger partial charge is 0.241 e. The van der Waals surface area contributed by atoms with Gasteiger partial charge < -0.3 is 0 Å². The third kappa shape index (κ3) is 1.97. The first-order chi connectivity index (χ1) is 8.68. The van der Waals surface area contributed by atoms with E-state index in [1.807, 2.05) is 17.8 Å². The zero-order valence-corrected chi connectivity index (χ0v) is 12.5. The van der Waals surface area contributed by atoms with E-state index in [1.54, 1.807) is 6.08 Å². The van der Waals surface area contributed by atoms with Crippen LogP contribution in [0, 0.1) is 0 Å². The Hall–Kier alpha value is -0.540. The van der Waals surface area contributed by atoms with E-state index in [0.29, 0.717) is 5.92 Å². The zero-order chi connectivity index (χ0) is 12.7. The fraction of sp³-hybridized carbons (Fsp3) is 0.333. The lowest BCUT2D eigenvalue weighted by molar-refractivity contribution is 0.403. The molecule has 0 saturated heterocycles.